The molecule has 0 bridgehead atoms. The molecule has 3 rings (SSSR count). The minimum absolute atomic E-state index is 0.0819. The summed E-state index contributed by atoms with van der Waals surface area (Å²) in [5.41, 5.74) is 2.28. The van der Waals surface area contributed by atoms with Gasteiger partial charge in [-0.05, 0) is 60.5 Å². The van der Waals surface area contributed by atoms with Crippen LogP contribution in [0.25, 0.3) is 0 Å². The van der Waals surface area contributed by atoms with Crippen molar-refractivity contribution < 1.29 is 28.9 Å². The van der Waals surface area contributed by atoms with Crippen LogP contribution in [-0.4, -0.2) is 22.1 Å². The quantitative estimate of drug-likeness (QED) is 0.385. The number of nitrogens with one attached hydrogen (secondary N) is 2. The zero-order valence-corrected chi connectivity index (χ0v) is 17.7. The van der Waals surface area contributed by atoms with E-state index in [4.69, 9.17) is 21.4 Å². The molecule has 7 nitrogen and oxygen atoms in total. The van der Waals surface area contributed by atoms with Gasteiger partial charge in [0.25, 0.3) is 0 Å². The SMILES string of the molecule is Cc1cc(NC(=O)C(=O)O)cc(Cl)c1Oc1ccc(O)c(CNCc2ccc(F)cc2)c1. The van der Waals surface area contributed by atoms with Gasteiger partial charge in [0.15, 0.2) is 0 Å². The molecule has 0 saturated carbocycles. The lowest BCUT2D eigenvalue weighted by molar-refractivity contribution is -0.147. The van der Waals surface area contributed by atoms with E-state index in [0.29, 0.717) is 35.7 Å². The van der Waals surface area contributed by atoms with Crippen LogP contribution in [0.4, 0.5) is 10.1 Å². The summed E-state index contributed by atoms with van der Waals surface area (Å²) in [6.07, 6.45) is 0. The van der Waals surface area contributed by atoms with E-state index in [9.17, 15) is 19.1 Å². The predicted octanol–water partition coefficient (Wildman–Crippen LogP) is 4.60. The van der Waals surface area contributed by atoms with Crippen molar-refractivity contribution in [3.8, 4) is 17.2 Å². The lowest BCUT2D eigenvalue weighted by atomic mass is 10.1. The monoisotopic (exact) mass is 458 g/mol. The Balaban J connectivity index is 1.70. The number of benzene rings is 3. The van der Waals surface area contributed by atoms with Crippen molar-refractivity contribution in [2.75, 3.05) is 5.32 Å². The molecule has 0 aliphatic heterocycles. The fraction of sp³-hybridized carbons (Fsp3) is 0.130. The van der Waals surface area contributed by atoms with E-state index in [-0.39, 0.29) is 22.3 Å². The summed E-state index contributed by atoms with van der Waals surface area (Å²) in [4.78, 5) is 22.0. The number of aromatic hydroxyl groups is 1. The molecule has 0 radical (unpaired) electrons. The summed E-state index contributed by atoms with van der Waals surface area (Å²) < 4.78 is 18.9. The summed E-state index contributed by atoms with van der Waals surface area (Å²) in [6, 6.07) is 13.8. The highest BCUT2D eigenvalue weighted by atomic mass is 35.5. The van der Waals surface area contributed by atoms with E-state index in [1.54, 1.807) is 31.2 Å². The third-order valence-corrected chi connectivity index (χ3v) is 4.79. The van der Waals surface area contributed by atoms with Gasteiger partial charge in [-0.1, -0.05) is 23.7 Å². The Morgan fingerprint density at radius 1 is 1.06 bits per heavy atom. The molecule has 0 unspecified atom stereocenters. The summed E-state index contributed by atoms with van der Waals surface area (Å²) in [6.45, 7) is 2.52. The van der Waals surface area contributed by atoms with Gasteiger partial charge in [0, 0.05) is 24.3 Å². The number of hydrogen-bond donors (Lipinski definition) is 4. The number of carbonyl (C=O) groups is 2. The lowest BCUT2D eigenvalue weighted by Gasteiger charge is -2.14. The molecule has 166 valence electrons. The lowest BCUT2D eigenvalue weighted by Crippen LogP contribution is -2.21. The average molecular weight is 459 g/mol. The van der Waals surface area contributed by atoms with Crippen LogP contribution in [-0.2, 0) is 22.7 Å². The Kier molecular flexibility index (Phi) is 7.29. The number of carboxylic acid groups (broad SMARTS) is 1. The minimum Gasteiger partial charge on any atom is -0.508 e. The molecule has 0 fully saturated rings. The molecule has 32 heavy (non-hydrogen) atoms. The number of phenols is 1. The Bertz CT molecular complexity index is 1130. The van der Waals surface area contributed by atoms with Gasteiger partial charge in [-0.15, -0.1) is 0 Å². The van der Waals surface area contributed by atoms with Gasteiger partial charge in [0.2, 0.25) is 0 Å². The molecule has 0 heterocycles. The Hall–Kier alpha value is -3.62. The number of ether oxygens (including phenoxy) is 1. The molecule has 3 aromatic rings. The van der Waals surface area contributed by atoms with Crippen LogP contribution in [0.15, 0.2) is 54.6 Å². The zero-order chi connectivity index (χ0) is 23.3. The van der Waals surface area contributed by atoms with Gasteiger partial charge in [-0.3, -0.25) is 4.79 Å². The normalized spacial score (nSPS) is 10.6. The maximum atomic E-state index is 13.0. The van der Waals surface area contributed by atoms with Crippen LogP contribution in [0.3, 0.4) is 0 Å². The van der Waals surface area contributed by atoms with Crippen molar-refractivity contribution in [1.29, 1.82) is 0 Å². The Morgan fingerprint density at radius 3 is 2.44 bits per heavy atom. The summed E-state index contributed by atoms with van der Waals surface area (Å²) in [5.74, 6) is -2.25. The third-order valence-electron chi connectivity index (χ3n) is 4.51. The van der Waals surface area contributed by atoms with Crippen LogP contribution < -0.4 is 15.4 Å². The fourth-order valence-corrected chi connectivity index (χ4v) is 3.25. The molecule has 0 aromatic heterocycles. The van der Waals surface area contributed by atoms with Crippen LogP contribution in [0.2, 0.25) is 5.02 Å². The molecule has 4 N–H and O–H groups in total. The first-order valence-electron chi connectivity index (χ1n) is 9.52. The number of rotatable bonds is 7. The fourth-order valence-electron chi connectivity index (χ4n) is 2.95. The number of phenolic OH excluding ortho intramolecular Hbond substituents is 1. The number of halogens is 2. The largest absolute Gasteiger partial charge is 0.508 e. The zero-order valence-electron chi connectivity index (χ0n) is 17.0. The van der Waals surface area contributed by atoms with E-state index in [0.717, 1.165) is 5.56 Å². The van der Waals surface area contributed by atoms with Gasteiger partial charge in [0.1, 0.15) is 23.1 Å². The molecule has 0 spiro atoms. The van der Waals surface area contributed by atoms with Gasteiger partial charge in [-0.2, -0.15) is 0 Å². The van der Waals surface area contributed by atoms with E-state index >= 15 is 0 Å². The molecule has 0 saturated heterocycles. The molecule has 0 aliphatic rings. The van der Waals surface area contributed by atoms with Crippen molar-refractivity contribution in [2.45, 2.75) is 20.0 Å². The number of anilines is 1. The first-order chi connectivity index (χ1) is 15.2. The van der Waals surface area contributed by atoms with Crippen LogP contribution in [0.5, 0.6) is 17.2 Å². The summed E-state index contributed by atoms with van der Waals surface area (Å²) in [5, 5.41) is 24.4. The van der Waals surface area contributed by atoms with Crippen LogP contribution >= 0.6 is 11.6 Å². The van der Waals surface area contributed by atoms with Gasteiger partial charge in [0.05, 0.1) is 5.02 Å². The van der Waals surface area contributed by atoms with Crippen molar-refractivity contribution in [1.82, 2.24) is 5.32 Å². The molecule has 3 aromatic carbocycles. The highest BCUT2D eigenvalue weighted by Crippen LogP contribution is 2.36. The van der Waals surface area contributed by atoms with Crippen molar-refractivity contribution in [3.63, 3.8) is 0 Å². The van der Waals surface area contributed by atoms with Crippen LogP contribution in [0.1, 0.15) is 16.7 Å². The number of carboxylic acids is 1. The molecular formula is C23H20ClFN2O5. The maximum Gasteiger partial charge on any atom is 0.394 e. The molecule has 1 amide bonds. The predicted molar refractivity (Wildman–Crippen MR) is 118 cm³/mol. The Morgan fingerprint density at radius 2 is 1.78 bits per heavy atom. The van der Waals surface area contributed by atoms with Gasteiger partial charge in [-0.25, -0.2) is 9.18 Å². The number of amides is 1. The number of aryl methyl sites for hydroxylation is 1. The van der Waals surface area contributed by atoms with Crippen molar-refractivity contribution in [3.05, 3.63) is 82.1 Å². The summed E-state index contributed by atoms with van der Waals surface area (Å²) >= 11 is 6.27. The third kappa shape index (κ3) is 5.96. The maximum absolute atomic E-state index is 13.0. The standard InChI is InChI=1S/C23H20ClFN2O5/c1-13-8-17(27-22(29)23(30)31)10-19(24)21(13)32-18-6-7-20(28)15(9-18)12-26-11-14-2-4-16(25)5-3-14/h2-10,26,28H,11-12H2,1H3,(H,27,29)(H,30,31). The second kappa shape index (κ2) is 10.1. The second-order valence-electron chi connectivity index (χ2n) is 6.99. The van der Waals surface area contributed by atoms with E-state index in [1.165, 1.54) is 30.3 Å². The van der Waals surface area contributed by atoms with Gasteiger partial charge >= 0.3 is 11.9 Å². The topological polar surface area (TPSA) is 108 Å². The molecule has 0 aliphatic carbocycles. The summed E-state index contributed by atoms with van der Waals surface area (Å²) in [7, 11) is 0. The van der Waals surface area contributed by atoms with E-state index in [1.807, 2.05) is 0 Å². The average Bonchev–Trinajstić information content (AvgIpc) is 2.74. The number of aliphatic carboxylic acids is 1. The molecule has 0 atom stereocenters. The number of hydrogen-bond acceptors (Lipinski definition) is 5. The molecular weight excluding hydrogens is 439 g/mol. The first kappa shape index (κ1) is 23.1. The second-order valence-corrected chi connectivity index (χ2v) is 7.39. The van der Waals surface area contributed by atoms with Crippen molar-refractivity contribution in [2.24, 2.45) is 0 Å². The van der Waals surface area contributed by atoms with Crippen LogP contribution in [0, 0.1) is 12.7 Å². The Labute approximate surface area is 188 Å². The minimum atomic E-state index is -1.61. The highest BCUT2D eigenvalue weighted by Gasteiger charge is 2.15. The first-order valence-corrected chi connectivity index (χ1v) is 9.90. The molecule has 9 heteroatoms. The van der Waals surface area contributed by atoms with Crippen molar-refractivity contribution >= 4 is 29.2 Å². The smallest absolute Gasteiger partial charge is 0.394 e. The van der Waals surface area contributed by atoms with Gasteiger partial charge < -0.3 is 25.6 Å². The van der Waals surface area contributed by atoms with E-state index in [2.05, 4.69) is 10.6 Å². The highest BCUT2D eigenvalue weighted by molar-refractivity contribution is 6.37. The number of carbonyl (C=O) groups excluding carboxylic acids is 1. The van der Waals surface area contributed by atoms with E-state index < -0.39 is 11.9 Å².